The van der Waals surface area contributed by atoms with Gasteiger partial charge in [-0.05, 0) is 0 Å². The lowest BCUT2D eigenvalue weighted by molar-refractivity contribution is -0.137. The highest BCUT2D eigenvalue weighted by atomic mass is 16.7. The summed E-state index contributed by atoms with van der Waals surface area (Å²) in [5.74, 6) is 0.845. The maximum absolute atomic E-state index is 11.0. The minimum atomic E-state index is -0.936. The summed E-state index contributed by atoms with van der Waals surface area (Å²) >= 11 is 0. The molecule has 7 nitrogen and oxygen atoms in total. The third kappa shape index (κ3) is 1.97. The minimum absolute atomic E-state index is 0.172. The molecule has 0 amide bonds. The zero-order valence-corrected chi connectivity index (χ0v) is 10.3. The van der Waals surface area contributed by atoms with Gasteiger partial charge in [-0.15, -0.1) is 0 Å². The molecule has 0 unspecified atom stereocenters. The van der Waals surface area contributed by atoms with Crippen molar-refractivity contribution in [2.45, 2.75) is 13.2 Å². The van der Waals surface area contributed by atoms with Gasteiger partial charge >= 0.3 is 5.97 Å². The second-order valence-electron chi connectivity index (χ2n) is 4.14. The van der Waals surface area contributed by atoms with E-state index in [1.807, 2.05) is 0 Å². The predicted octanol–water partition coefficient (Wildman–Crippen LogP) is 0.996. The van der Waals surface area contributed by atoms with Crippen LogP contribution in [0.15, 0.2) is 12.1 Å². The van der Waals surface area contributed by atoms with Crippen LogP contribution in [0.3, 0.4) is 0 Å². The molecule has 3 rings (SSSR count). The lowest BCUT2D eigenvalue weighted by Crippen LogP contribution is -2.12. The van der Waals surface area contributed by atoms with Crippen LogP contribution < -0.4 is 9.47 Å². The second-order valence-corrected chi connectivity index (χ2v) is 4.14. The van der Waals surface area contributed by atoms with Crippen LogP contribution in [-0.4, -0.2) is 34.5 Å². The van der Waals surface area contributed by atoms with Gasteiger partial charge in [-0.2, -0.15) is 0 Å². The lowest BCUT2D eigenvalue weighted by atomic mass is 10.2. The number of carboxylic acid groups (broad SMARTS) is 1. The zero-order chi connectivity index (χ0) is 13.4. The van der Waals surface area contributed by atoms with Crippen molar-refractivity contribution in [1.82, 2.24) is 9.55 Å². The summed E-state index contributed by atoms with van der Waals surface area (Å²) in [6.07, 6.45) is 0. The Hall–Kier alpha value is -2.28. The lowest BCUT2D eigenvalue weighted by Gasteiger charge is -2.05. The van der Waals surface area contributed by atoms with Gasteiger partial charge in [-0.3, -0.25) is 4.79 Å². The minimum Gasteiger partial charge on any atom is -0.480 e. The van der Waals surface area contributed by atoms with Crippen LogP contribution in [-0.2, 0) is 22.7 Å². The average molecular weight is 264 g/mol. The van der Waals surface area contributed by atoms with E-state index in [0.29, 0.717) is 28.4 Å². The van der Waals surface area contributed by atoms with Crippen molar-refractivity contribution in [3.63, 3.8) is 0 Å². The SMILES string of the molecule is COCc1nc2cc3c(cc2n1CC(=O)O)OCO3. The van der Waals surface area contributed by atoms with Crippen LogP contribution in [0.4, 0.5) is 0 Å². The Morgan fingerprint density at radius 2 is 2.21 bits per heavy atom. The molecule has 0 spiro atoms. The second kappa shape index (κ2) is 4.43. The van der Waals surface area contributed by atoms with Gasteiger partial charge in [-0.1, -0.05) is 0 Å². The highest BCUT2D eigenvalue weighted by Gasteiger charge is 2.20. The summed E-state index contributed by atoms with van der Waals surface area (Å²) in [5.41, 5.74) is 1.36. The maximum Gasteiger partial charge on any atom is 0.323 e. The van der Waals surface area contributed by atoms with E-state index in [9.17, 15) is 4.79 Å². The number of imidazole rings is 1. The number of ether oxygens (including phenoxy) is 3. The van der Waals surface area contributed by atoms with Gasteiger partial charge < -0.3 is 23.9 Å². The zero-order valence-electron chi connectivity index (χ0n) is 10.3. The van der Waals surface area contributed by atoms with E-state index in [0.717, 1.165) is 0 Å². The summed E-state index contributed by atoms with van der Waals surface area (Å²) in [6, 6.07) is 3.49. The van der Waals surface area contributed by atoms with E-state index in [4.69, 9.17) is 19.3 Å². The molecular weight excluding hydrogens is 252 g/mol. The fourth-order valence-electron chi connectivity index (χ4n) is 2.12. The predicted molar refractivity (Wildman–Crippen MR) is 64.2 cm³/mol. The molecule has 0 saturated carbocycles. The van der Waals surface area contributed by atoms with E-state index in [2.05, 4.69) is 4.98 Å². The quantitative estimate of drug-likeness (QED) is 0.886. The molecule has 1 aromatic heterocycles. The van der Waals surface area contributed by atoms with Crippen molar-refractivity contribution in [1.29, 1.82) is 0 Å². The number of hydrogen-bond donors (Lipinski definition) is 1. The number of rotatable bonds is 4. The van der Waals surface area contributed by atoms with Gasteiger partial charge in [0.05, 0.1) is 11.0 Å². The number of aromatic nitrogens is 2. The molecule has 1 aliphatic rings. The number of nitrogens with zero attached hydrogens (tertiary/aromatic N) is 2. The number of aliphatic carboxylic acids is 1. The molecule has 1 aromatic carbocycles. The highest BCUT2D eigenvalue weighted by molar-refractivity contribution is 5.82. The molecule has 1 N–H and O–H groups in total. The first-order valence-corrected chi connectivity index (χ1v) is 5.68. The third-order valence-electron chi connectivity index (χ3n) is 2.89. The number of fused-ring (bicyclic) bond motifs is 2. The van der Waals surface area contributed by atoms with Crippen molar-refractivity contribution in [2.24, 2.45) is 0 Å². The van der Waals surface area contributed by atoms with Crippen molar-refractivity contribution < 1.29 is 24.1 Å². The summed E-state index contributed by atoms with van der Waals surface area (Å²) in [4.78, 5) is 15.3. The van der Waals surface area contributed by atoms with Crippen molar-refractivity contribution >= 4 is 17.0 Å². The summed E-state index contributed by atoms with van der Waals surface area (Å²) in [7, 11) is 1.54. The summed E-state index contributed by atoms with van der Waals surface area (Å²) in [5, 5.41) is 8.99. The first-order valence-electron chi connectivity index (χ1n) is 5.68. The molecule has 0 aliphatic carbocycles. The first-order chi connectivity index (χ1) is 9.19. The molecular formula is C12H12N2O5. The standard InChI is InChI=1S/C12H12N2O5/c1-17-5-11-13-7-2-9-10(19-6-18-9)3-8(7)14(11)4-12(15)16/h2-3H,4-6H2,1H3,(H,15,16). The van der Waals surface area contributed by atoms with Crippen LogP contribution in [0, 0.1) is 0 Å². The van der Waals surface area contributed by atoms with E-state index in [1.54, 1.807) is 16.7 Å². The van der Waals surface area contributed by atoms with Gasteiger partial charge in [0.15, 0.2) is 11.5 Å². The van der Waals surface area contributed by atoms with E-state index in [1.165, 1.54) is 7.11 Å². The van der Waals surface area contributed by atoms with E-state index >= 15 is 0 Å². The molecule has 7 heteroatoms. The molecule has 0 fully saturated rings. The molecule has 19 heavy (non-hydrogen) atoms. The molecule has 0 radical (unpaired) electrons. The Labute approximate surface area is 108 Å². The largest absolute Gasteiger partial charge is 0.480 e. The molecule has 2 heterocycles. The molecule has 100 valence electrons. The van der Waals surface area contributed by atoms with Crippen LogP contribution in [0.1, 0.15) is 5.82 Å². The monoisotopic (exact) mass is 264 g/mol. The van der Waals surface area contributed by atoms with Crippen LogP contribution in [0.2, 0.25) is 0 Å². The Morgan fingerprint density at radius 3 is 2.89 bits per heavy atom. The van der Waals surface area contributed by atoms with Crippen LogP contribution in [0.25, 0.3) is 11.0 Å². The molecule has 2 aromatic rings. The molecule has 0 atom stereocenters. The highest BCUT2D eigenvalue weighted by Crippen LogP contribution is 2.36. The Morgan fingerprint density at radius 1 is 1.47 bits per heavy atom. The van der Waals surface area contributed by atoms with Gasteiger partial charge in [-0.25, -0.2) is 4.98 Å². The van der Waals surface area contributed by atoms with Gasteiger partial charge in [0.25, 0.3) is 0 Å². The van der Waals surface area contributed by atoms with Crippen molar-refractivity contribution in [3.05, 3.63) is 18.0 Å². The van der Waals surface area contributed by atoms with Gasteiger partial charge in [0.2, 0.25) is 6.79 Å². The van der Waals surface area contributed by atoms with Crippen LogP contribution >= 0.6 is 0 Å². The Bertz CT molecular complexity index is 649. The van der Waals surface area contributed by atoms with Crippen molar-refractivity contribution in [3.8, 4) is 11.5 Å². The number of benzene rings is 1. The molecule has 0 bridgehead atoms. The van der Waals surface area contributed by atoms with Crippen molar-refractivity contribution in [2.75, 3.05) is 13.9 Å². The maximum atomic E-state index is 11.0. The number of methoxy groups -OCH3 is 1. The fraction of sp³-hybridized carbons (Fsp3) is 0.333. The summed E-state index contributed by atoms with van der Waals surface area (Å²) in [6.45, 7) is 0.245. The summed E-state index contributed by atoms with van der Waals surface area (Å²) < 4.78 is 17.2. The van der Waals surface area contributed by atoms with Crippen LogP contribution in [0.5, 0.6) is 11.5 Å². The number of carbonyl (C=O) groups is 1. The normalized spacial score (nSPS) is 13.1. The topological polar surface area (TPSA) is 82.8 Å². The molecule has 0 saturated heterocycles. The van der Waals surface area contributed by atoms with Gasteiger partial charge in [0, 0.05) is 19.2 Å². The van der Waals surface area contributed by atoms with E-state index < -0.39 is 5.97 Å². The van der Waals surface area contributed by atoms with E-state index in [-0.39, 0.29) is 19.9 Å². The number of carboxylic acids is 1. The smallest absolute Gasteiger partial charge is 0.323 e. The third-order valence-corrected chi connectivity index (χ3v) is 2.89. The first kappa shape index (κ1) is 11.8. The average Bonchev–Trinajstić information content (AvgIpc) is 2.92. The Kier molecular flexibility index (Phi) is 2.75. The molecule has 1 aliphatic heterocycles. The fourth-order valence-corrected chi connectivity index (χ4v) is 2.12. The number of hydrogen-bond acceptors (Lipinski definition) is 5. The Balaban J connectivity index is 2.17. The van der Waals surface area contributed by atoms with Gasteiger partial charge in [0.1, 0.15) is 19.0 Å².